The highest BCUT2D eigenvalue weighted by atomic mass is 32.2. The molecular weight excluding hydrogens is 286 g/mol. The Morgan fingerprint density at radius 3 is 2.62 bits per heavy atom. The van der Waals surface area contributed by atoms with E-state index in [4.69, 9.17) is 5.11 Å². The van der Waals surface area contributed by atoms with Crippen molar-refractivity contribution in [1.82, 2.24) is 4.72 Å². The summed E-state index contributed by atoms with van der Waals surface area (Å²) in [5, 5.41) is 8.76. The molecule has 0 aromatic heterocycles. The Hall–Kier alpha value is -1.35. The van der Waals surface area contributed by atoms with E-state index in [1.165, 1.54) is 0 Å². The van der Waals surface area contributed by atoms with Crippen LogP contribution in [0.25, 0.3) is 0 Å². The minimum atomic E-state index is -3.58. The molecule has 1 aliphatic rings. The molecule has 1 aliphatic carbocycles. The fourth-order valence-corrected chi connectivity index (χ4v) is 4.05. The molecule has 0 amide bonds. The Labute approximate surface area is 126 Å². The Morgan fingerprint density at radius 2 is 1.95 bits per heavy atom. The smallest absolute Gasteiger partial charge is 0.241 e. The molecule has 4 nitrogen and oxygen atoms in total. The molecular formula is C16H21NO3S. The normalized spacial score (nSPS) is 17.2. The van der Waals surface area contributed by atoms with Crippen LogP contribution in [0.3, 0.4) is 0 Å². The molecule has 0 unspecified atom stereocenters. The Bertz CT molecular complexity index is 650. The van der Waals surface area contributed by atoms with Gasteiger partial charge >= 0.3 is 0 Å². The number of aliphatic hydroxyl groups excluding tert-OH is 1. The summed E-state index contributed by atoms with van der Waals surface area (Å²) in [6, 6.07) is 6.60. The van der Waals surface area contributed by atoms with Crippen LogP contribution in [0.1, 0.15) is 38.2 Å². The van der Waals surface area contributed by atoms with E-state index in [-0.39, 0.29) is 16.9 Å². The summed E-state index contributed by atoms with van der Waals surface area (Å²) in [4.78, 5) is 0.174. The number of hydrogen-bond donors (Lipinski definition) is 2. The summed E-state index contributed by atoms with van der Waals surface area (Å²) in [7, 11) is -3.58. The highest BCUT2D eigenvalue weighted by Crippen LogP contribution is 2.37. The van der Waals surface area contributed by atoms with Gasteiger partial charge in [0.25, 0.3) is 0 Å². The van der Waals surface area contributed by atoms with Crippen molar-refractivity contribution in [2.24, 2.45) is 5.41 Å². The summed E-state index contributed by atoms with van der Waals surface area (Å²) in [5.74, 6) is 5.18. The SMILES string of the molecule is CC1(CNS(=O)(=O)c2ccccc2C#CCO)CCCC1. The van der Waals surface area contributed by atoms with E-state index < -0.39 is 10.0 Å². The topological polar surface area (TPSA) is 66.4 Å². The second kappa shape index (κ2) is 6.61. The van der Waals surface area contributed by atoms with Gasteiger partial charge in [0.1, 0.15) is 6.61 Å². The summed E-state index contributed by atoms with van der Waals surface area (Å²) < 4.78 is 27.7. The van der Waals surface area contributed by atoms with Gasteiger partial charge in [-0.15, -0.1) is 0 Å². The maximum absolute atomic E-state index is 12.5. The average molecular weight is 307 g/mol. The molecule has 1 fully saturated rings. The van der Waals surface area contributed by atoms with Crippen LogP contribution in [0.4, 0.5) is 0 Å². The number of nitrogens with one attached hydrogen (secondary N) is 1. The van der Waals surface area contributed by atoms with Gasteiger partial charge in [-0.25, -0.2) is 13.1 Å². The molecule has 0 heterocycles. The van der Waals surface area contributed by atoms with E-state index in [1.807, 2.05) is 0 Å². The van der Waals surface area contributed by atoms with Gasteiger partial charge < -0.3 is 5.11 Å². The number of benzene rings is 1. The molecule has 0 spiro atoms. The van der Waals surface area contributed by atoms with Crippen LogP contribution in [-0.4, -0.2) is 26.7 Å². The van der Waals surface area contributed by atoms with Gasteiger partial charge in [-0.3, -0.25) is 0 Å². The third kappa shape index (κ3) is 4.07. The largest absolute Gasteiger partial charge is 0.384 e. The molecule has 0 radical (unpaired) electrons. The first kappa shape index (κ1) is 16.0. The third-order valence-electron chi connectivity index (χ3n) is 3.98. The summed E-state index contributed by atoms with van der Waals surface area (Å²) in [6.45, 7) is 2.29. The van der Waals surface area contributed by atoms with Crippen LogP contribution in [0, 0.1) is 17.3 Å². The fraction of sp³-hybridized carbons (Fsp3) is 0.500. The van der Waals surface area contributed by atoms with Crippen LogP contribution in [0.2, 0.25) is 0 Å². The summed E-state index contributed by atoms with van der Waals surface area (Å²) in [5.41, 5.74) is 0.467. The standard InChI is InChI=1S/C16H21NO3S/c1-16(10-4-5-11-16)13-17-21(19,20)15-9-3-2-7-14(15)8-6-12-18/h2-3,7,9,17-18H,4-5,10-13H2,1H3. The van der Waals surface area contributed by atoms with Gasteiger partial charge in [-0.2, -0.15) is 0 Å². The van der Waals surface area contributed by atoms with Crippen LogP contribution in [0.5, 0.6) is 0 Å². The zero-order chi connectivity index (χ0) is 15.3. The number of hydrogen-bond acceptors (Lipinski definition) is 3. The second-order valence-corrected chi connectivity index (χ2v) is 7.53. The van der Waals surface area contributed by atoms with Crippen LogP contribution >= 0.6 is 0 Å². The molecule has 1 saturated carbocycles. The van der Waals surface area contributed by atoms with Crippen molar-refractivity contribution in [3.8, 4) is 11.8 Å². The molecule has 114 valence electrons. The molecule has 5 heteroatoms. The molecule has 0 saturated heterocycles. The van der Waals surface area contributed by atoms with Gasteiger partial charge in [-0.05, 0) is 30.4 Å². The van der Waals surface area contributed by atoms with Crippen LogP contribution in [0.15, 0.2) is 29.2 Å². The molecule has 2 N–H and O–H groups in total. The average Bonchev–Trinajstić information content (AvgIpc) is 2.91. The number of rotatable bonds is 4. The maximum Gasteiger partial charge on any atom is 0.241 e. The van der Waals surface area contributed by atoms with Gasteiger partial charge in [0.2, 0.25) is 10.0 Å². The lowest BCUT2D eigenvalue weighted by Crippen LogP contribution is -2.34. The second-order valence-electron chi connectivity index (χ2n) is 5.80. The first-order valence-corrected chi connectivity index (χ1v) is 8.64. The quantitative estimate of drug-likeness (QED) is 0.835. The predicted molar refractivity (Wildman–Crippen MR) is 82.2 cm³/mol. The first-order chi connectivity index (χ1) is 9.97. The van der Waals surface area contributed by atoms with E-state index in [2.05, 4.69) is 23.5 Å². The highest BCUT2D eigenvalue weighted by Gasteiger charge is 2.30. The van der Waals surface area contributed by atoms with Crippen molar-refractivity contribution in [3.63, 3.8) is 0 Å². The molecule has 21 heavy (non-hydrogen) atoms. The predicted octanol–water partition coefficient (Wildman–Crippen LogP) is 1.89. The van der Waals surface area contributed by atoms with E-state index in [1.54, 1.807) is 24.3 Å². The van der Waals surface area contributed by atoms with Crippen LogP contribution < -0.4 is 4.72 Å². The van der Waals surface area contributed by atoms with E-state index in [9.17, 15) is 8.42 Å². The van der Waals surface area contributed by atoms with Crippen LogP contribution in [-0.2, 0) is 10.0 Å². The molecule has 1 aromatic rings. The summed E-state index contributed by atoms with van der Waals surface area (Å²) >= 11 is 0. The summed E-state index contributed by atoms with van der Waals surface area (Å²) in [6.07, 6.45) is 4.44. The highest BCUT2D eigenvalue weighted by molar-refractivity contribution is 7.89. The van der Waals surface area contributed by atoms with Crippen molar-refractivity contribution in [2.75, 3.05) is 13.2 Å². The molecule has 0 atom stereocenters. The Kier molecular flexibility index (Phi) is 5.04. The van der Waals surface area contributed by atoms with Gasteiger partial charge in [0, 0.05) is 12.1 Å². The maximum atomic E-state index is 12.5. The fourth-order valence-electron chi connectivity index (χ4n) is 2.69. The molecule has 1 aromatic carbocycles. The third-order valence-corrected chi connectivity index (χ3v) is 5.44. The first-order valence-electron chi connectivity index (χ1n) is 7.15. The van der Waals surface area contributed by atoms with Crippen molar-refractivity contribution < 1.29 is 13.5 Å². The van der Waals surface area contributed by atoms with Crippen molar-refractivity contribution >= 4 is 10.0 Å². The lowest BCUT2D eigenvalue weighted by Gasteiger charge is -2.23. The minimum Gasteiger partial charge on any atom is -0.384 e. The van der Waals surface area contributed by atoms with Crippen molar-refractivity contribution in [3.05, 3.63) is 29.8 Å². The zero-order valence-electron chi connectivity index (χ0n) is 12.2. The van der Waals surface area contributed by atoms with E-state index in [0.29, 0.717) is 12.1 Å². The molecule has 0 bridgehead atoms. The monoisotopic (exact) mass is 307 g/mol. The van der Waals surface area contributed by atoms with E-state index in [0.717, 1.165) is 25.7 Å². The Balaban J connectivity index is 2.19. The number of sulfonamides is 1. The molecule has 0 aliphatic heterocycles. The zero-order valence-corrected chi connectivity index (χ0v) is 13.0. The van der Waals surface area contributed by atoms with E-state index >= 15 is 0 Å². The molecule has 2 rings (SSSR count). The minimum absolute atomic E-state index is 0.0544. The van der Waals surface area contributed by atoms with Gasteiger partial charge in [0.05, 0.1) is 4.90 Å². The van der Waals surface area contributed by atoms with Crippen molar-refractivity contribution in [2.45, 2.75) is 37.5 Å². The lowest BCUT2D eigenvalue weighted by molar-refractivity contribution is 0.336. The lowest BCUT2D eigenvalue weighted by atomic mass is 9.89. The van der Waals surface area contributed by atoms with Gasteiger partial charge in [0.15, 0.2) is 0 Å². The number of aliphatic hydroxyl groups is 1. The Morgan fingerprint density at radius 1 is 1.29 bits per heavy atom. The van der Waals surface area contributed by atoms with Crippen molar-refractivity contribution in [1.29, 1.82) is 0 Å². The van der Waals surface area contributed by atoms with Gasteiger partial charge in [-0.1, -0.05) is 43.7 Å².